The van der Waals surface area contributed by atoms with Crippen molar-refractivity contribution >= 4 is 15.8 Å². The molecule has 5 nitrogen and oxygen atoms in total. The van der Waals surface area contributed by atoms with Gasteiger partial charge in [-0.1, -0.05) is 12.1 Å². The van der Waals surface area contributed by atoms with Gasteiger partial charge in [0.1, 0.15) is 4.90 Å². The van der Waals surface area contributed by atoms with Crippen LogP contribution in [0.4, 0.5) is 13.2 Å². The Balaban J connectivity index is 2.80. The van der Waals surface area contributed by atoms with E-state index in [0.29, 0.717) is 6.07 Å². The molecule has 0 N–H and O–H groups in total. The average molecular weight is 345 g/mol. The number of carbonyl (C=O) groups excluding carboxylic acids is 1. The van der Waals surface area contributed by atoms with Gasteiger partial charge in [0.25, 0.3) is 0 Å². The van der Waals surface area contributed by atoms with Gasteiger partial charge in [-0.2, -0.15) is 13.2 Å². The van der Waals surface area contributed by atoms with Gasteiger partial charge in [0.05, 0.1) is 5.56 Å². The Morgan fingerprint density at radius 3 is 2.35 bits per heavy atom. The van der Waals surface area contributed by atoms with Crippen molar-refractivity contribution in [3.05, 3.63) is 48.2 Å². The molecule has 0 aliphatic carbocycles. The van der Waals surface area contributed by atoms with Crippen LogP contribution in [0, 0.1) is 0 Å². The molecule has 2 aromatic rings. The number of alkyl halides is 3. The lowest BCUT2D eigenvalue weighted by molar-refractivity contribution is -0.141. The van der Waals surface area contributed by atoms with Gasteiger partial charge in [0, 0.05) is 13.1 Å². The molecule has 0 saturated heterocycles. The molecule has 1 aromatic heterocycles. The zero-order valence-corrected chi connectivity index (χ0v) is 12.5. The molecule has 0 bridgehead atoms. The van der Waals surface area contributed by atoms with Crippen LogP contribution in [0.5, 0.6) is 5.75 Å². The van der Waals surface area contributed by atoms with Crippen LogP contribution < -0.4 is 4.74 Å². The minimum absolute atomic E-state index is 0.579. The molecule has 0 aliphatic heterocycles. The summed E-state index contributed by atoms with van der Waals surface area (Å²) in [5, 5.41) is -0.579. The monoisotopic (exact) mass is 345 g/mol. The fourth-order valence-electron chi connectivity index (χ4n) is 1.86. The Bertz CT molecular complexity index is 833. The molecule has 0 radical (unpaired) electrons. The molecule has 23 heavy (non-hydrogen) atoms. The maximum atomic E-state index is 13.2. The number of hydrogen-bond donors (Lipinski definition) is 0. The van der Waals surface area contributed by atoms with Crippen molar-refractivity contribution in [2.24, 2.45) is 0 Å². The number of ether oxygens (including phenoxy) is 1. The molecule has 0 spiro atoms. The smallest absolute Gasteiger partial charge is 0.417 e. The molecule has 0 fully saturated rings. The first-order valence-electron chi connectivity index (χ1n) is 6.19. The number of rotatable bonds is 3. The summed E-state index contributed by atoms with van der Waals surface area (Å²) in [6, 6.07) is 6.33. The van der Waals surface area contributed by atoms with Gasteiger partial charge in [0.2, 0.25) is 9.84 Å². The molecule has 1 heterocycles. The van der Waals surface area contributed by atoms with Crippen LogP contribution in [-0.4, -0.2) is 19.4 Å². The summed E-state index contributed by atoms with van der Waals surface area (Å²) in [7, 11) is -4.64. The normalized spacial score (nSPS) is 12.0. The fraction of sp³-hybridized carbons (Fsp3) is 0.143. The van der Waals surface area contributed by atoms with Crippen molar-refractivity contribution in [3.8, 4) is 5.75 Å². The Morgan fingerprint density at radius 2 is 1.83 bits per heavy atom. The van der Waals surface area contributed by atoms with Crippen LogP contribution in [0.1, 0.15) is 12.5 Å². The van der Waals surface area contributed by atoms with Crippen LogP contribution in [0.15, 0.2) is 52.5 Å². The lowest BCUT2D eigenvalue weighted by Crippen LogP contribution is -2.17. The van der Waals surface area contributed by atoms with E-state index in [9.17, 15) is 26.4 Å². The first kappa shape index (κ1) is 16.9. The molecule has 0 unspecified atom stereocenters. The van der Waals surface area contributed by atoms with E-state index in [1.54, 1.807) is 0 Å². The highest BCUT2D eigenvalue weighted by atomic mass is 32.2. The van der Waals surface area contributed by atoms with Crippen LogP contribution >= 0.6 is 0 Å². The summed E-state index contributed by atoms with van der Waals surface area (Å²) in [5.41, 5.74) is -1.43. The highest BCUT2D eigenvalue weighted by molar-refractivity contribution is 7.91. The Kier molecular flexibility index (Phi) is 4.42. The second kappa shape index (κ2) is 5.99. The fourth-order valence-corrected chi connectivity index (χ4v) is 3.38. The number of pyridine rings is 1. The van der Waals surface area contributed by atoms with Gasteiger partial charge >= 0.3 is 12.1 Å². The van der Waals surface area contributed by atoms with E-state index < -0.39 is 43.2 Å². The highest BCUT2D eigenvalue weighted by Gasteiger charge is 2.40. The van der Waals surface area contributed by atoms with Gasteiger partial charge < -0.3 is 4.74 Å². The Hall–Kier alpha value is -2.42. The predicted octanol–water partition coefficient (Wildman–Crippen LogP) is 2.86. The van der Waals surface area contributed by atoms with Gasteiger partial charge in [0.15, 0.2) is 10.8 Å². The number of esters is 1. The van der Waals surface area contributed by atoms with Crippen molar-refractivity contribution in [2.45, 2.75) is 23.0 Å². The number of carbonyl (C=O) groups is 1. The topological polar surface area (TPSA) is 73.3 Å². The SMILES string of the molecule is CC(=O)Oc1cccc(C(F)(F)F)c1S(=O)(=O)c1ccccn1. The summed E-state index contributed by atoms with van der Waals surface area (Å²) >= 11 is 0. The Labute approximate surface area is 129 Å². The van der Waals surface area contributed by atoms with Gasteiger partial charge in [-0.15, -0.1) is 0 Å². The predicted molar refractivity (Wildman–Crippen MR) is 72.4 cm³/mol. The van der Waals surface area contributed by atoms with E-state index in [4.69, 9.17) is 0 Å². The van der Waals surface area contributed by atoms with E-state index in [2.05, 4.69) is 9.72 Å². The average Bonchev–Trinajstić information content (AvgIpc) is 2.46. The van der Waals surface area contributed by atoms with E-state index in [-0.39, 0.29) is 0 Å². The number of aromatic nitrogens is 1. The van der Waals surface area contributed by atoms with E-state index >= 15 is 0 Å². The van der Waals surface area contributed by atoms with Crippen molar-refractivity contribution in [2.75, 3.05) is 0 Å². The molecule has 2 rings (SSSR count). The number of halogens is 3. The van der Waals surface area contributed by atoms with Gasteiger partial charge in [-0.3, -0.25) is 4.79 Å². The zero-order valence-electron chi connectivity index (χ0n) is 11.7. The third-order valence-electron chi connectivity index (χ3n) is 2.72. The van der Waals surface area contributed by atoms with Crippen molar-refractivity contribution in [1.82, 2.24) is 4.98 Å². The molecular formula is C14H10F3NO4S. The third kappa shape index (κ3) is 3.50. The summed E-state index contributed by atoms with van der Waals surface area (Å²) in [6.07, 6.45) is -3.82. The third-order valence-corrected chi connectivity index (χ3v) is 4.47. The first-order valence-corrected chi connectivity index (χ1v) is 7.67. The summed E-state index contributed by atoms with van der Waals surface area (Å²) in [5.74, 6) is -1.64. The number of hydrogen-bond acceptors (Lipinski definition) is 5. The van der Waals surface area contributed by atoms with Crippen molar-refractivity contribution < 1.29 is 31.1 Å². The largest absolute Gasteiger partial charge is 0.425 e. The quantitative estimate of drug-likeness (QED) is 0.632. The Morgan fingerprint density at radius 1 is 1.13 bits per heavy atom. The molecule has 0 aliphatic rings. The molecule has 9 heteroatoms. The first-order chi connectivity index (χ1) is 10.6. The highest BCUT2D eigenvalue weighted by Crippen LogP contribution is 2.40. The minimum Gasteiger partial charge on any atom is -0.425 e. The van der Waals surface area contributed by atoms with Gasteiger partial charge in [-0.05, 0) is 24.3 Å². The molecule has 1 aromatic carbocycles. The molecule has 0 atom stereocenters. The van der Waals surface area contributed by atoms with Crippen molar-refractivity contribution in [1.29, 1.82) is 0 Å². The summed E-state index contributed by atoms with van der Waals surface area (Å²) < 4.78 is 69.3. The zero-order chi connectivity index (χ0) is 17.3. The number of benzene rings is 1. The van der Waals surface area contributed by atoms with E-state index in [1.165, 1.54) is 12.1 Å². The molecule has 0 saturated carbocycles. The van der Waals surface area contributed by atoms with Crippen LogP contribution in [-0.2, 0) is 20.8 Å². The maximum absolute atomic E-state index is 13.2. The summed E-state index contributed by atoms with van der Waals surface area (Å²) in [6.45, 7) is 0.956. The van der Waals surface area contributed by atoms with Crippen molar-refractivity contribution in [3.63, 3.8) is 0 Å². The van der Waals surface area contributed by atoms with E-state index in [1.807, 2.05) is 0 Å². The standard InChI is InChI=1S/C14H10F3NO4S/c1-9(19)22-11-6-4-5-10(14(15,16)17)13(11)23(20,21)12-7-2-3-8-18-12/h2-8H,1H3. The maximum Gasteiger partial charge on any atom is 0.417 e. The van der Waals surface area contributed by atoms with Crippen LogP contribution in [0.25, 0.3) is 0 Å². The van der Waals surface area contributed by atoms with E-state index in [0.717, 1.165) is 31.3 Å². The lowest BCUT2D eigenvalue weighted by atomic mass is 10.2. The second-order valence-electron chi connectivity index (χ2n) is 4.40. The minimum atomic E-state index is -4.95. The molecule has 0 amide bonds. The van der Waals surface area contributed by atoms with Crippen LogP contribution in [0.2, 0.25) is 0 Å². The van der Waals surface area contributed by atoms with Crippen LogP contribution in [0.3, 0.4) is 0 Å². The number of nitrogens with zero attached hydrogens (tertiary/aromatic N) is 1. The number of sulfone groups is 1. The van der Waals surface area contributed by atoms with Gasteiger partial charge in [-0.25, -0.2) is 13.4 Å². The molecule has 122 valence electrons. The summed E-state index contributed by atoms with van der Waals surface area (Å²) in [4.78, 5) is 13.5. The second-order valence-corrected chi connectivity index (χ2v) is 6.23. The molecular weight excluding hydrogens is 335 g/mol. The lowest BCUT2D eigenvalue weighted by Gasteiger charge is -2.16.